The molecule has 166 valence electrons. The molecule has 4 aromatic rings. The zero-order chi connectivity index (χ0) is 22.8. The summed E-state index contributed by atoms with van der Waals surface area (Å²) in [6, 6.07) is 24.9. The fraction of sp³-hybridized carbons (Fsp3) is 0.154. The van der Waals surface area contributed by atoms with Crippen molar-refractivity contribution in [3.8, 4) is 17.2 Å². The summed E-state index contributed by atoms with van der Waals surface area (Å²) in [7, 11) is 0. The van der Waals surface area contributed by atoms with E-state index >= 15 is 0 Å². The molecule has 0 saturated carbocycles. The van der Waals surface area contributed by atoms with Gasteiger partial charge >= 0.3 is 0 Å². The lowest BCUT2D eigenvalue weighted by Gasteiger charge is -2.29. The Balaban J connectivity index is 1.62. The Morgan fingerprint density at radius 2 is 1.73 bits per heavy atom. The standard InChI is InChI=1S/C26H24N4O2S/c1-2-32-21-14-10-19(11-15-21)30-25(24(28-26(30)33)22-6-3-4-16-27-22)23-7-5-17-29(23)18-8-12-20(31)13-9-18/h3-17,24-25,31H,2H2,1H3,(H,28,33)/t24-,25-/m0/s1. The molecule has 1 aliphatic heterocycles. The van der Waals surface area contributed by atoms with Gasteiger partial charge < -0.3 is 24.6 Å². The Labute approximate surface area is 198 Å². The van der Waals surface area contributed by atoms with Gasteiger partial charge in [-0.25, -0.2) is 0 Å². The maximum atomic E-state index is 9.75. The largest absolute Gasteiger partial charge is 0.508 e. The van der Waals surface area contributed by atoms with Crippen LogP contribution in [0.2, 0.25) is 0 Å². The van der Waals surface area contributed by atoms with Crippen molar-refractivity contribution in [1.29, 1.82) is 0 Å². The van der Waals surface area contributed by atoms with Crippen LogP contribution in [0.4, 0.5) is 5.69 Å². The average Bonchev–Trinajstić information content (AvgIpc) is 3.45. The van der Waals surface area contributed by atoms with Crippen LogP contribution in [0.25, 0.3) is 5.69 Å². The lowest BCUT2D eigenvalue weighted by molar-refractivity contribution is 0.340. The highest BCUT2D eigenvalue weighted by Gasteiger charge is 2.42. The van der Waals surface area contributed by atoms with Crippen LogP contribution >= 0.6 is 12.2 Å². The summed E-state index contributed by atoms with van der Waals surface area (Å²) < 4.78 is 7.75. The number of anilines is 1. The van der Waals surface area contributed by atoms with E-state index in [1.807, 2.05) is 73.8 Å². The van der Waals surface area contributed by atoms with Gasteiger partial charge in [0.1, 0.15) is 17.5 Å². The van der Waals surface area contributed by atoms with Gasteiger partial charge in [0, 0.05) is 29.5 Å². The third kappa shape index (κ3) is 4.03. The number of pyridine rings is 1. The molecule has 0 spiro atoms. The van der Waals surface area contributed by atoms with Crippen LogP contribution in [-0.2, 0) is 0 Å². The Kier molecular flexibility index (Phi) is 5.71. The summed E-state index contributed by atoms with van der Waals surface area (Å²) in [5, 5.41) is 13.9. The molecule has 2 N–H and O–H groups in total. The zero-order valence-electron chi connectivity index (χ0n) is 18.1. The number of hydrogen-bond donors (Lipinski definition) is 2. The average molecular weight is 457 g/mol. The van der Waals surface area contributed by atoms with E-state index in [4.69, 9.17) is 17.0 Å². The quantitative estimate of drug-likeness (QED) is 0.391. The Hall–Kier alpha value is -3.84. The van der Waals surface area contributed by atoms with Crippen molar-refractivity contribution >= 4 is 23.0 Å². The molecule has 7 heteroatoms. The van der Waals surface area contributed by atoms with Crippen LogP contribution in [0.1, 0.15) is 30.4 Å². The number of aromatic hydroxyl groups is 1. The molecule has 2 aromatic heterocycles. The Morgan fingerprint density at radius 1 is 0.970 bits per heavy atom. The van der Waals surface area contributed by atoms with E-state index in [2.05, 4.69) is 25.8 Å². The Morgan fingerprint density at radius 3 is 2.42 bits per heavy atom. The number of thiocarbonyl (C=S) groups is 1. The molecule has 33 heavy (non-hydrogen) atoms. The number of ether oxygens (including phenoxy) is 1. The second kappa shape index (κ2) is 8.96. The summed E-state index contributed by atoms with van der Waals surface area (Å²) >= 11 is 5.83. The first kappa shape index (κ1) is 21.0. The molecule has 0 aliphatic carbocycles. The van der Waals surface area contributed by atoms with Crippen molar-refractivity contribution in [2.45, 2.75) is 19.0 Å². The molecule has 6 nitrogen and oxygen atoms in total. The normalized spacial score (nSPS) is 17.7. The third-order valence-corrected chi connectivity index (χ3v) is 6.05. The van der Waals surface area contributed by atoms with Crippen molar-refractivity contribution in [2.24, 2.45) is 0 Å². The van der Waals surface area contributed by atoms with Crippen LogP contribution in [0.15, 0.2) is 91.3 Å². The van der Waals surface area contributed by atoms with Gasteiger partial charge in [0.25, 0.3) is 0 Å². The van der Waals surface area contributed by atoms with Crippen LogP contribution in [-0.4, -0.2) is 26.4 Å². The van der Waals surface area contributed by atoms with E-state index in [1.165, 1.54) is 0 Å². The number of rotatable bonds is 6. The summed E-state index contributed by atoms with van der Waals surface area (Å²) in [5.41, 5.74) is 3.89. The maximum Gasteiger partial charge on any atom is 0.174 e. The number of benzene rings is 2. The molecule has 0 bridgehead atoms. The molecule has 1 saturated heterocycles. The number of nitrogens with zero attached hydrogens (tertiary/aromatic N) is 3. The first-order valence-electron chi connectivity index (χ1n) is 10.9. The molecule has 5 rings (SSSR count). The zero-order valence-corrected chi connectivity index (χ0v) is 18.9. The van der Waals surface area contributed by atoms with Crippen LogP contribution in [0, 0.1) is 0 Å². The van der Waals surface area contributed by atoms with Crippen LogP contribution in [0.5, 0.6) is 11.5 Å². The van der Waals surface area contributed by atoms with Crippen molar-refractivity contribution in [3.05, 3.63) is 103 Å². The molecule has 2 atom stereocenters. The number of aromatic nitrogens is 2. The Bertz CT molecular complexity index is 1240. The number of phenols is 1. The minimum Gasteiger partial charge on any atom is -0.508 e. The summed E-state index contributed by atoms with van der Waals surface area (Å²) in [5.74, 6) is 1.06. The van der Waals surface area contributed by atoms with Gasteiger partial charge in [0.2, 0.25) is 0 Å². The van der Waals surface area contributed by atoms with E-state index in [0.29, 0.717) is 11.7 Å². The highest BCUT2D eigenvalue weighted by Crippen LogP contribution is 2.42. The highest BCUT2D eigenvalue weighted by atomic mass is 32.1. The molecule has 1 fully saturated rings. The van der Waals surface area contributed by atoms with Crippen LogP contribution < -0.4 is 15.0 Å². The monoisotopic (exact) mass is 456 g/mol. The minimum atomic E-state index is -0.144. The summed E-state index contributed by atoms with van der Waals surface area (Å²) in [6.45, 7) is 2.59. The van der Waals surface area contributed by atoms with Crippen molar-refractivity contribution in [2.75, 3.05) is 11.5 Å². The second-order valence-corrected chi connectivity index (χ2v) is 8.13. The fourth-order valence-electron chi connectivity index (χ4n) is 4.29. The molecule has 0 unspecified atom stereocenters. The van der Waals surface area contributed by atoms with Gasteiger partial charge in [0.15, 0.2) is 5.11 Å². The molecule has 1 aliphatic rings. The van der Waals surface area contributed by atoms with Crippen molar-refractivity contribution in [1.82, 2.24) is 14.9 Å². The van der Waals surface area contributed by atoms with E-state index in [9.17, 15) is 5.11 Å². The smallest absolute Gasteiger partial charge is 0.174 e. The molecule has 0 amide bonds. The fourth-order valence-corrected chi connectivity index (χ4v) is 4.63. The number of phenolic OH excluding ortho intramolecular Hbond substituents is 1. The summed E-state index contributed by atoms with van der Waals surface area (Å²) in [6.07, 6.45) is 3.82. The predicted molar refractivity (Wildman–Crippen MR) is 133 cm³/mol. The first-order chi connectivity index (χ1) is 16.2. The van der Waals surface area contributed by atoms with Gasteiger partial charge in [-0.2, -0.15) is 0 Å². The first-order valence-corrected chi connectivity index (χ1v) is 11.3. The molecule has 3 heterocycles. The van der Waals surface area contributed by atoms with E-state index < -0.39 is 0 Å². The van der Waals surface area contributed by atoms with E-state index in [-0.39, 0.29) is 17.8 Å². The van der Waals surface area contributed by atoms with Gasteiger partial charge in [-0.3, -0.25) is 4.98 Å². The van der Waals surface area contributed by atoms with Gasteiger partial charge in [-0.1, -0.05) is 6.07 Å². The number of nitrogens with one attached hydrogen (secondary N) is 1. The minimum absolute atomic E-state index is 0.143. The van der Waals surface area contributed by atoms with Crippen LogP contribution in [0.3, 0.4) is 0 Å². The highest BCUT2D eigenvalue weighted by molar-refractivity contribution is 7.80. The lowest BCUT2D eigenvalue weighted by Crippen LogP contribution is -2.30. The lowest BCUT2D eigenvalue weighted by atomic mass is 10.0. The third-order valence-electron chi connectivity index (χ3n) is 5.74. The SMILES string of the molecule is CCOc1ccc(N2C(=S)N[C@@H](c3ccccn3)[C@@H]2c2cccn2-c2ccc(O)cc2)cc1. The molecule has 2 aromatic carbocycles. The topological polar surface area (TPSA) is 62.5 Å². The predicted octanol–water partition coefficient (Wildman–Crippen LogP) is 5.15. The number of hydrogen-bond acceptors (Lipinski definition) is 4. The van der Waals surface area contributed by atoms with Crippen molar-refractivity contribution in [3.63, 3.8) is 0 Å². The maximum absolute atomic E-state index is 9.75. The summed E-state index contributed by atoms with van der Waals surface area (Å²) in [4.78, 5) is 6.76. The molecule has 0 radical (unpaired) electrons. The van der Waals surface area contributed by atoms with E-state index in [1.54, 1.807) is 18.3 Å². The van der Waals surface area contributed by atoms with E-state index in [0.717, 1.165) is 28.5 Å². The molecular weight excluding hydrogens is 432 g/mol. The van der Waals surface area contributed by atoms with Gasteiger partial charge in [-0.05, 0) is 91.9 Å². The second-order valence-electron chi connectivity index (χ2n) is 7.74. The van der Waals surface area contributed by atoms with Crippen molar-refractivity contribution < 1.29 is 9.84 Å². The van der Waals surface area contributed by atoms with Gasteiger partial charge in [-0.15, -0.1) is 0 Å². The van der Waals surface area contributed by atoms with Gasteiger partial charge in [0.05, 0.1) is 18.3 Å². The molecular formula is C26H24N4O2S.